The van der Waals surface area contributed by atoms with Crippen LogP contribution in [0.5, 0.6) is 5.75 Å². The third-order valence-corrected chi connectivity index (χ3v) is 6.26. The summed E-state index contributed by atoms with van der Waals surface area (Å²) >= 11 is 0. The Kier molecular flexibility index (Phi) is 17.9. The number of ether oxygens (including phenoxy) is 2. The maximum atomic E-state index is 13.0. The normalized spacial score (nSPS) is 13.1. The molecular formula is C33H59N5O5. The number of amides is 3. The molecule has 0 saturated heterocycles. The van der Waals surface area contributed by atoms with Crippen molar-refractivity contribution in [3.63, 3.8) is 0 Å². The van der Waals surface area contributed by atoms with Gasteiger partial charge in [-0.15, -0.1) is 0 Å². The molecule has 0 aliphatic carbocycles. The summed E-state index contributed by atoms with van der Waals surface area (Å²) in [6.07, 6.45) is 4.80. The lowest BCUT2D eigenvalue weighted by Gasteiger charge is -2.22. The first-order chi connectivity index (χ1) is 20.2. The molecule has 246 valence electrons. The van der Waals surface area contributed by atoms with Crippen molar-refractivity contribution in [3.8, 4) is 5.75 Å². The van der Waals surface area contributed by atoms with Crippen LogP contribution in [0, 0.1) is 0 Å². The molecule has 0 radical (unpaired) electrons. The number of nitrogens with one attached hydrogen (secondary N) is 5. The number of hydrogen-bond acceptors (Lipinski definition) is 7. The van der Waals surface area contributed by atoms with Crippen LogP contribution in [0.2, 0.25) is 0 Å². The highest BCUT2D eigenvalue weighted by molar-refractivity contribution is 5.87. The minimum atomic E-state index is -0.617. The third kappa shape index (κ3) is 20.7. The van der Waals surface area contributed by atoms with Crippen molar-refractivity contribution in [1.82, 2.24) is 26.6 Å². The van der Waals surface area contributed by atoms with E-state index in [1.54, 1.807) is 0 Å². The number of alkyl carbamates (subject to hydrolysis) is 1. The van der Waals surface area contributed by atoms with Gasteiger partial charge < -0.3 is 36.1 Å². The van der Waals surface area contributed by atoms with Gasteiger partial charge in [0.15, 0.2) is 0 Å². The van der Waals surface area contributed by atoms with E-state index in [9.17, 15) is 14.4 Å². The van der Waals surface area contributed by atoms with Crippen molar-refractivity contribution in [3.05, 3.63) is 29.8 Å². The van der Waals surface area contributed by atoms with E-state index in [0.717, 1.165) is 63.1 Å². The number of unbranched alkanes of at least 4 members (excludes halogenated alkanes) is 1. The molecule has 5 N–H and O–H groups in total. The quantitative estimate of drug-likeness (QED) is 0.139. The van der Waals surface area contributed by atoms with Crippen molar-refractivity contribution in [2.24, 2.45) is 0 Å². The summed E-state index contributed by atoms with van der Waals surface area (Å²) in [5.41, 5.74) is 0.196. The monoisotopic (exact) mass is 605 g/mol. The van der Waals surface area contributed by atoms with E-state index in [-0.39, 0.29) is 23.5 Å². The summed E-state index contributed by atoms with van der Waals surface area (Å²) in [4.78, 5) is 36.9. The van der Waals surface area contributed by atoms with Gasteiger partial charge in [-0.05, 0) is 118 Å². The molecule has 0 spiro atoms. The van der Waals surface area contributed by atoms with Crippen LogP contribution in [-0.2, 0) is 20.7 Å². The predicted octanol–water partition coefficient (Wildman–Crippen LogP) is 4.46. The number of hydrogen-bond donors (Lipinski definition) is 5. The Bertz CT molecular complexity index is 940. The highest BCUT2D eigenvalue weighted by Gasteiger charge is 2.21. The zero-order chi connectivity index (χ0) is 32.3. The Morgan fingerprint density at radius 1 is 0.814 bits per heavy atom. The largest absolute Gasteiger partial charge is 0.488 e. The molecule has 0 saturated carbocycles. The first kappa shape index (κ1) is 38.2. The predicted molar refractivity (Wildman–Crippen MR) is 173 cm³/mol. The van der Waals surface area contributed by atoms with Crippen LogP contribution in [0.15, 0.2) is 24.3 Å². The van der Waals surface area contributed by atoms with E-state index in [0.29, 0.717) is 32.0 Å². The van der Waals surface area contributed by atoms with E-state index in [4.69, 9.17) is 9.47 Å². The Morgan fingerprint density at radius 3 is 2.09 bits per heavy atom. The molecular weight excluding hydrogens is 546 g/mol. The smallest absolute Gasteiger partial charge is 0.407 e. The number of rotatable bonds is 20. The second-order valence-electron chi connectivity index (χ2n) is 13.1. The number of carbonyl (C=O) groups is 3. The van der Waals surface area contributed by atoms with Crippen LogP contribution < -0.4 is 31.3 Å². The summed E-state index contributed by atoms with van der Waals surface area (Å²) in [6, 6.07) is 7.45. The Morgan fingerprint density at radius 2 is 1.47 bits per heavy atom. The number of carbonyl (C=O) groups excluding carboxylic acids is 3. The molecule has 0 aliphatic rings. The lowest BCUT2D eigenvalue weighted by molar-refractivity contribution is -0.129. The molecule has 3 amide bonds. The molecule has 0 fully saturated rings. The Labute approximate surface area is 260 Å². The van der Waals surface area contributed by atoms with Crippen molar-refractivity contribution in [1.29, 1.82) is 0 Å². The fraction of sp³-hybridized carbons (Fsp3) is 0.727. The minimum absolute atomic E-state index is 0.110. The molecule has 10 nitrogen and oxygen atoms in total. The average molecular weight is 606 g/mol. The molecule has 0 heterocycles. The maximum absolute atomic E-state index is 13.0. The molecule has 0 bridgehead atoms. The van der Waals surface area contributed by atoms with E-state index in [2.05, 4.69) is 33.5 Å². The molecule has 1 aromatic carbocycles. The van der Waals surface area contributed by atoms with Gasteiger partial charge in [0.1, 0.15) is 23.0 Å². The fourth-order valence-electron chi connectivity index (χ4n) is 4.18. The summed E-state index contributed by atoms with van der Waals surface area (Å²) < 4.78 is 11.1. The number of benzene rings is 1. The first-order valence-corrected chi connectivity index (χ1v) is 15.9. The summed E-state index contributed by atoms with van der Waals surface area (Å²) in [7, 11) is 0. The van der Waals surface area contributed by atoms with Gasteiger partial charge in [-0.3, -0.25) is 9.59 Å². The zero-order valence-corrected chi connectivity index (χ0v) is 28.0. The first-order valence-electron chi connectivity index (χ1n) is 15.9. The molecule has 2 atom stereocenters. The van der Waals surface area contributed by atoms with Crippen LogP contribution in [0.1, 0.15) is 99.5 Å². The van der Waals surface area contributed by atoms with Crippen LogP contribution in [0.4, 0.5) is 4.79 Å². The summed E-state index contributed by atoms with van der Waals surface area (Å²) in [5.74, 6) is 0.505. The van der Waals surface area contributed by atoms with Gasteiger partial charge in [-0.2, -0.15) is 0 Å². The lowest BCUT2D eigenvalue weighted by Crippen LogP contribution is -2.48. The van der Waals surface area contributed by atoms with Crippen LogP contribution in [0.3, 0.4) is 0 Å². The van der Waals surface area contributed by atoms with Crippen LogP contribution in [-0.4, -0.2) is 73.9 Å². The molecule has 1 aromatic rings. The summed E-state index contributed by atoms with van der Waals surface area (Å²) in [5, 5.41) is 15.6. The molecule has 2 unspecified atom stereocenters. The average Bonchev–Trinajstić information content (AvgIpc) is 2.88. The Balaban J connectivity index is 2.26. The molecule has 43 heavy (non-hydrogen) atoms. The van der Waals surface area contributed by atoms with Crippen molar-refractivity contribution in [2.75, 3.05) is 32.7 Å². The van der Waals surface area contributed by atoms with Crippen molar-refractivity contribution >= 4 is 17.9 Å². The van der Waals surface area contributed by atoms with Gasteiger partial charge in [0, 0.05) is 32.0 Å². The fourth-order valence-corrected chi connectivity index (χ4v) is 4.18. The second kappa shape index (κ2) is 20.2. The molecule has 0 aromatic heterocycles. The molecule has 10 heteroatoms. The highest BCUT2D eigenvalue weighted by atomic mass is 16.6. The van der Waals surface area contributed by atoms with Crippen LogP contribution in [0.25, 0.3) is 0 Å². The van der Waals surface area contributed by atoms with Crippen molar-refractivity contribution < 1.29 is 23.9 Å². The van der Waals surface area contributed by atoms with Crippen LogP contribution >= 0.6 is 0 Å². The van der Waals surface area contributed by atoms with Gasteiger partial charge in [0.2, 0.25) is 11.8 Å². The Hall–Kier alpha value is -2.85. The lowest BCUT2D eigenvalue weighted by atomic mass is 10.0. The second-order valence-corrected chi connectivity index (χ2v) is 13.1. The van der Waals surface area contributed by atoms with E-state index < -0.39 is 11.6 Å². The SMILES string of the molecule is CCCC(=O)NC(Cc1ccc(OC(C)(C)C)cc1)C(=O)NCCCCNCCC(C)NCCCNC(=O)OC(C)(C)C. The van der Waals surface area contributed by atoms with E-state index >= 15 is 0 Å². The highest BCUT2D eigenvalue weighted by Crippen LogP contribution is 2.19. The van der Waals surface area contributed by atoms with Gasteiger partial charge in [-0.1, -0.05) is 19.1 Å². The minimum Gasteiger partial charge on any atom is -0.488 e. The summed E-state index contributed by atoms with van der Waals surface area (Å²) in [6.45, 7) is 19.4. The zero-order valence-electron chi connectivity index (χ0n) is 28.0. The van der Waals surface area contributed by atoms with Gasteiger partial charge in [0.25, 0.3) is 0 Å². The van der Waals surface area contributed by atoms with Gasteiger partial charge in [-0.25, -0.2) is 4.79 Å². The maximum Gasteiger partial charge on any atom is 0.407 e. The van der Waals surface area contributed by atoms with E-state index in [1.807, 2.05) is 72.7 Å². The standard InChI is InChI=1S/C33H59N5O5/c1-9-13-29(39)38-28(24-26-14-16-27(17-15-26)42-32(3,4)5)30(40)36-20-11-10-19-34-23-18-25(2)35-21-12-22-37-31(41)43-33(6,7)8/h14-17,25,28,34-35H,9-13,18-24H2,1-8H3,(H,36,40)(H,37,41)(H,38,39). The topological polar surface area (TPSA) is 130 Å². The van der Waals surface area contributed by atoms with E-state index in [1.165, 1.54) is 0 Å². The third-order valence-electron chi connectivity index (χ3n) is 6.26. The van der Waals surface area contributed by atoms with Gasteiger partial charge >= 0.3 is 6.09 Å². The molecule has 1 rings (SSSR count). The van der Waals surface area contributed by atoms with Crippen molar-refractivity contribution in [2.45, 2.75) is 124 Å². The molecule has 0 aliphatic heterocycles. The van der Waals surface area contributed by atoms with Gasteiger partial charge in [0.05, 0.1) is 0 Å².